The van der Waals surface area contributed by atoms with Gasteiger partial charge in [0, 0.05) is 30.0 Å². The van der Waals surface area contributed by atoms with Crippen LogP contribution in [0.5, 0.6) is 0 Å². The summed E-state index contributed by atoms with van der Waals surface area (Å²) < 4.78 is 85.2. The summed E-state index contributed by atoms with van der Waals surface area (Å²) in [5.41, 5.74) is -6.66. The lowest BCUT2D eigenvalue weighted by Crippen LogP contribution is -2.53. The molecule has 1 saturated heterocycles. The van der Waals surface area contributed by atoms with Gasteiger partial charge >= 0.3 is 18.4 Å². The number of benzene rings is 2. The molecule has 1 fully saturated rings. The summed E-state index contributed by atoms with van der Waals surface area (Å²) in [6.45, 7) is 7.32. The topological polar surface area (TPSA) is 49.8 Å². The fourth-order valence-corrected chi connectivity index (χ4v) is 4.49. The van der Waals surface area contributed by atoms with Gasteiger partial charge in [-0.05, 0) is 31.9 Å². The van der Waals surface area contributed by atoms with E-state index in [1.54, 1.807) is 27.7 Å². The molecule has 0 saturated carbocycles. The maximum Gasteiger partial charge on any atom is 0.430 e. The number of rotatable bonds is 3. The predicted octanol–water partition coefficient (Wildman–Crippen LogP) is 6.29. The van der Waals surface area contributed by atoms with E-state index in [4.69, 9.17) is 4.74 Å². The monoisotopic (exact) mass is 503 g/mol. The summed E-state index contributed by atoms with van der Waals surface area (Å²) in [7, 11) is 0. The van der Waals surface area contributed by atoms with Gasteiger partial charge in [0.1, 0.15) is 5.60 Å². The van der Waals surface area contributed by atoms with Crippen LogP contribution in [0.3, 0.4) is 0 Å². The molecular formula is C25H27F6NO3. The van der Waals surface area contributed by atoms with Crippen LogP contribution in [0.15, 0.2) is 54.6 Å². The SMILES string of the molecule is CC(C)(C)OC(=O)N1C[C@H](c2ccccc2)[C@](C)(c2ccc(C(O)(C(F)(F)F)C(F)(F)F)cc2)C1. The van der Waals surface area contributed by atoms with Crippen LogP contribution in [0, 0.1) is 0 Å². The van der Waals surface area contributed by atoms with Crippen molar-refractivity contribution in [1.82, 2.24) is 4.90 Å². The zero-order chi connectivity index (χ0) is 26.4. The van der Waals surface area contributed by atoms with Crippen LogP contribution in [-0.2, 0) is 15.8 Å². The Hall–Kier alpha value is -2.75. The van der Waals surface area contributed by atoms with Crippen molar-refractivity contribution in [3.63, 3.8) is 0 Å². The van der Waals surface area contributed by atoms with Gasteiger partial charge in [-0.2, -0.15) is 26.3 Å². The Bertz CT molecular complexity index is 1030. The molecule has 1 heterocycles. The van der Waals surface area contributed by atoms with E-state index in [0.717, 1.165) is 17.7 Å². The summed E-state index contributed by atoms with van der Waals surface area (Å²) in [5.74, 6) is -0.314. The quantitative estimate of drug-likeness (QED) is 0.501. The lowest BCUT2D eigenvalue weighted by molar-refractivity contribution is -0.376. The molecule has 0 aromatic heterocycles. The number of ether oxygens (including phenoxy) is 1. The first-order valence-corrected chi connectivity index (χ1v) is 10.9. The van der Waals surface area contributed by atoms with Crippen molar-refractivity contribution in [3.8, 4) is 0 Å². The number of likely N-dealkylation sites (tertiary alicyclic amines) is 1. The third-order valence-electron chi connectivity index (χ3n) is 6.33. The highest BCUT2D eigenvalue weighted by Crippen LogP contribution is 2.51. The van der Waals surface area contributed by atoms with Crippen LogP contribution in [0.25, 0.3) is 0 Å². The predicted molar refractivity (Wildman–Crippen MR) is 117 cm³/mol. The fraction of sp³-hybridized carbons (Fsp3) is 0.480. The van der Waals surface area contributed by atoms with Gasteiger partial charge in [0.05, 0.1) is 0 Å². The average molecular weight is 503 g/mol. The molecule has 2 aromatic carbocycles. The first-order valence-electron chi connectivity index (χ1n) is 10.9. The number of carbonyl (C=O) groups is 1. The number of nitrogens with zero attached hydrogens (tertiary/aromatic N) is 1. The average Bonchev–Trinajstić information content (AvgIpc) is 3.10. The zero-order valence-electron chi connectivity index (χ0n) is 19.7. The minimum absolute atomic E-state index is 0.129. The van der Waals surface area contributed by atoms with Crippen LogP contribution in [-0.4, -0.2) is 47.1 Å². The number of halogens is 6. The van der Waals surface area contributed by atoms with Crippen LogP contribution in [0.2, 0.25) is 0 Å². The molecule has 0 radical (unpaired) electrons. The van der Waals surface area contributed by atoms with Crippen molar-refractivity contribution < 1.29 is 41.0 Å². The summed E-state index contributed by atoms with van der Waals surface area (Å²) >= 11 is 0. The number of carbonyl (C=O) groups excluding carboxylic acids is 1. The molecule has 2 aromatic rings. The minimum atomic E-state index is -5.97. The van der Waals surface area contributed by atoms with E-state index < -0.39 is 40.6 Å². The summed E-state index contributed by atoms with van der Waals surface area (Å²) in [5, 5.41) is 9.71. The van der Waals surface area contributed by atoms with E-state index in [2.05, 4.69) is 0 Å². The van der Waals surface area contributed by atoms with E-state index >= 15 is 0 Å². The molecule has 35 heavy (non-hydrogen) atoms. The Morgan fingerprint density at radius 3 is 1.91 bits per heavy atom. The second-order valence-electron chi connectivity index (χ2n) is 10.0. The Morgan fingerprint density at radius 2 is 1.46 bits per heavy atom. The van der Waals surface area contributed by atoms with E-state index in [9.17, 15) is 36.2 Å². The largest absolute Gasteiger partial charge is 0.444 e. The van der Waals surface area contributed by atoms with Crippen LogP contribution < -0.4 is 0 Å². The van der Waals surface area contributed by atoms with E-state index in [1.165, 1.54) is 4.90 Å². The Balaban J connectivity index is 2.04. The molecule has 1 N–H and O–H groups in total. The van der Waals surface area contributed by atoms with Crippen molar-refractivity contribution in [2.75, 3.05) is 13.1 Å². The Morgan fingerprint density at radius 1 is 0.943 bits per heavy atom. The van der Waals surface area contributed by atoms with E-state index in [0.29, 0.717) is 17.7 Å². The molecule has 4 nitrogen and oxygen atoms in total. The second kappa shape index (κ2) is 8.72. The Labute approximate surface area is 199 Å². The molecule has 0 unspecified atom stereocenters. The number of alkyl halides is 6. The minimum Gasteiger partial charge on any atom is -0.444 e. The molecule has 192 valence electrons. The number of hydrogen-bond acceptors (Lipinski definition) is 3. The molecule has 3 rings (SSSR count). The van der Waals surface area contributed by atoms with Crippen molar-refractivity contribution in [3.05, 3.63) is 71.3 Å². The normalized spacial score (nSPS) is 21.8. The molecule has 1 aliphatic rings. The third-order valence-corrected chi connectivity index (χ3v) is 6.33. The van der Waals surface area contributed by atoms with E-state index in [1.807, 2.05) is 30.3 Å². The summed E-state index contributed by atoms with van der Waals surface area (Å²) in [6, 6.07) is 12.7. The second-order valence-corrected chi connectivity index (χ2v) is 10.0. The molecular weight excluding hydrogens is 476 g/mol. The number of aliphatic hydroxyl groups is 1. The van der Waals surface area contributed by atoms with Gasteiger partial charge < -0.3 is 14.7 Å². The lowest BCUT2D eigenvalue weighted by Gasteiger charge is -2.34. The lowest BCUT2D eigenvalue weighted by atomic mass is 9.71. The van der Waals surface area contributed by atoms with Crippen LogP contribution in [0.1, 0.15) is 50.3 Å². The van der Waals surface area contributed by atoms with E-state index in [-0.39, 0.29) is 19.0 Å². The van der Waals surface area contributed by atoms with Gasteiger partial charge in [-0.1, -0.05) is 61.5 Å². The highest BCUT2D eigenvalue weighted by molar-refractivity contribution is 5.69. The van der Waals surface area contributed by atoms with Crippen molar-refractivity contribution in [1.29, 1.82) is 0 Å². The maximum atomic E-state index is 13.3. The third kappa shape index (κ3) is 4.98. The van der Waals surface area contributed by atoms with Crippen LogP contribution in [0.4, 0.5) is 31.1 Å². The molecule has 1 amide bonds. The first kappa shape index (κ1) is 26.8. The van der Waals surface area contributed by atoms with Gasteiger partial charge in [0.15, 0.2) is 0 Å². The molecule has 10 heteroatoms. The van der Waals surface area contributed by atoms with Gasteiger partial charge in [-0.25, -0.2) is 4.79 Å². The highest BCUT2D eigenvalue weighted by Gasteiger charge is 2.71. The smallest absolute Gasteiger partial charge is 0.430 e. The standard InChI is InChI=1S/C25H27F6NO3/c1-21(2,3)35-20(33)32-14-19(16-8-6-5-7-9-16)22(4,15-32)17-10-12-18(13-11-17)23(34,24(26,27)28)25(29,30)31/h5-13,19,34H,14-15H2,1-4H3/t19-,22+/m1/s1. The molecule has 0 bridgehead atoms. The highest BCUT2D eigenvalue weighted by atomic mass is 19.4. The van der Waals surface area contributed by atoms with Crippen molar-refractivity contribution in [2.24, 2.45) is 0 Å². The maximum absolute atomic E-state index is 13.3. The molecule has 2 atom stereocenters. The molecule has 0 spiro atoms. The van der Waals surface area contributed by atoms with Crippen molar-refractivity contribution >= 4 is 6.09 Å². The zero-order valence-corrected chi connectivity index (χ0v) is 19.7. The summed E-state index contributed by atoms with van der Waals surface area (Å²) in [4.78, 5) is 14.3. The van der Waals surface area contributed by atoms with Gasteiger partial charge in [-0.3, -0.25) is 0 Å². The number of amides is 1. The van der Waals surface area contributed by atoms with Gasteiger partial charge in [0.25, 0.3) is 5.60 Å². The number of hydrogen-bond donors (Lipinski definition) is 1. The summed E-state index contributed by atoms with van der Waals surface area (Å²) in [6.07, 6.45) is -12.5. The first-order chi connectivity index (χ1) is 15.9. The molecule has 0 aliphatic carbocycles. The molecule has 1 aliphatic heterocycles. The Kier molecular flexibility index (Phi) is 6.69. The van der Waals surface area contributed by atoms with Crippen LogP contribution >= 0.6 is 0 Å². The van der Waals surface area contributed by atoms with Gasteiger partial charge in [-0.15, -0.1) is 0 Å². The van der Waals surface area contributed by atoms with Gasteiger partial charge in [0.2, 0.25) is 0 Å². The fourth-order valence-electron chi connectivity index (χ4n) is 4.49. The van der Waals surface area contributed by atoms with Crippen molar-refractivity contribution in [2.45, 2.75) is 62.6 Å².